The summed E-state index contributed by atoms with van der Waals surface area (Å²) in [4.78, 5) is 29.4. The highest BCUT2D eigenvalue weighted by atomic mass is 32.1. The molecule has 2 aromatic heterocycles. The largest absolute Gasteiger partial charge is 0.379 e. The summed E-state index contributed by atoms with van der Waals surface area (Å²) in [6, 6.07) is 7.15. The maximum absolute atomic E-state index is 12.2. The number of H-pyrrole nitrogens is 1. The monoisotopic (exact) mass is 333 g/mol. The predicted molar refractivity (Wildman–Crippen MR) is 88.8 cm³/mol. The molecule has 2 aromatic rings. The molecule has 6 nitrogen and oxygen atoms in total. The Morgan fingerprint density at radius 3 is 2.83 bits per heavy atom. The van der Waals surface area contributed by atoms with E-state index in [-0.39, 0.29) is 17.5 Å². The Balaban J connectivity index is 1.67. The zero-order chi connectivity index (χ0) is 16.1. The van der Waals surface area contributed by atoms with Gasteiger partial charge < -0.3 is 15.0 Å². The van der Waals surface area contributed by atoms with Crippen molar-refractivity contribution in [3.63, 3.8) is 0 Å². The molecule has 3 rings (SSSR count). The van der Waals surface area contributed by atoms with Gasteiger partial charge in [0.1, 0.15) is 0 Å². The van der Waals surface area contributed by atoms with Crippen molar-refractivity contribution in [3.05, 3.63) is 56.6 Å². The van der Waals surface area contributed by atoms with Gasteiger partial charge in [0, 0.05) is 36.8 Å². The van der Waals surface area contributed by atoms with E-state index in [0.717, 1.165) is 26.3 Å². The van der Waals surface area contributed by atoms with Crippen molar-refractivity contribution >= 4 is 17.2 Å². The van der Waals surface area contributed by atoms with Crippen LogP contribution < -0.4 is 10.9 Å². The molecule has 0 bridgehead atoms. The number of carbonyl (C=O) groups is 1. The molecule has 0 aromatic carbocycles. The van der Waals surface area contributed by atoms with Crippen molar-refractivity contribution in [2.75, 3.05) is 32.8 Å². The molecule has 2 N–H and O–H groups in total. The van der Waals surface area contributed by atoms with Crippen LogP contribution in [0.2, 0.25) is 0 Å². The number of thiophene rings is 1. The molecule has 3 heterocycles. The number of nitrogens with one attached hydrogen (secondary N) is 2. The second-order valence-electron chi connectivity index (χ2n) is 5.33. The predicted octanol–water partition coefficient (Wildman–Crippen LogP) is 1.24. The highest BCUT2D eigenvalue weighted by Gasteiger charge is 2.24. The third-order valence-electron chi connectivity index (χ3n) is 3.86. The molecule has 0 aliphatic carbocycles. The average molecular weight is 333 g/mol. The smallest absolute Gasteiger partial charge is 0.252 e. The van der Waals surface area contributed by atoms with Crippen LogP contribution in [-0.2, 0) is 4.74 Å². The molecule has 1 aliphatic rings. The Morgan fingerprint density at radius 1 is 1.35 bits per heavy atom. The van der Waals surface area contributed by atoms with E-state index in [0.29, 0.717) is 12.1 Å². The summed E-state index contributed by atoms with van der Waals surface area (Å²) in [6.07, 6.45) is 1.44. The minimum absolute atomic E-state index is 0.144. The molecular weight excluding hydrogens is 314 g/mol. The second-order valence-corrected chi connectivity index (χ2v) is 6.31. The molecule has 1 atom stereocenters. The van der Waals surface area contributed by atoms with E-state index in [1.165, 1.54) is 23.2 Å². The third-order valence-corrected chi connectivity index (χ3v) is 4.83. The molecule has 0 saturated carbocycles. The van der Waals surface area contributed by atoms with Crippen LogP contribution in [0.3, 0.4) is 0 Å². The number of ether oxygens (including phenoxy) is 1. The number of carbonyl (C=O) groups excluding carboxylic acids is 1. The van der Waals surface area contributed by atoms with Gasteiger partial charge in [0.05, 0.1) is 24.8 Å². The maximum Gasteiger partial charge on any atom is 0.252 e. The standard InChI is InChI=1S/C16H19N3O3S/c20-15-4-3-12(10-17-15)16(21)18-11-13(14-2-1-9-23-14)19-5-7-22-8-6-19/h1-4,9-10,13H,5-8,11H2,(H,17,20)(H,18,21). The first-order valence-corrected chi connectivity index (χ1v) is 8.44. The fraction of sp³-hybridized carbons (Fsp3) is 0.375. The number of hydrogen-bond acceptors (Lipinski definition) is 5. The van der Waals surface area contributed by atoms with Crippen LogP contribution in [0.1, 0.15) is 21.3 Å². The molecule has 0 spiro atoms. The van der Waals surface area contributed by atoms with Crippen LogP contribution >= 0.6 is 11.3 Å². The number of morpholine rings is 1. The fourth-order valence-corrected chi connectivity index (χ4v) is 3.48. The first-order valence-electron chi connectivity index (χ1n) is 7.56. The first-order chi connectivity index (χ1) is 11.2. The zero-order valence-electron chi connectivity index (χ0n) is 12.7. The van der Waals surface area contributed by atoms with Gasteiger partial charge in [0.2, 0.25) is 5.56 Å². The minimum Gasteiger partial charge on any atom is -0.379 e. The first kappa shape index (κ1) is 15.9. The number of aromatic amines is 1. The van der Waals surface area contributed by atoms with Crippen LogP contribution in [0.4, 0.5) is 0 Å². The van der Waals surface area contributed by atoms with Crippen LogP contribution in [-0.4, -0.2) is 48.6 Å². The van der Waals surface area contributed by atoms with Gasteiger partial charge in [-0.1, -0.05) is 6.07 Å². The van der Waals surface area contributed by atoms with Crippen molar-refractivity contribution in [2.45, 2.75) is 6.04 Å². The summed E-state index contributed by atoms with van der Waals surface area (Å²) in [7, 11) is 0. The lowest BCUT2D eigenvalue weighted by molar-refractivity contribution is 0.0169. The molecule has 23 heavy (non-hydrogen) atoms. The van der Waals surface area contributed by atoms with Gasteiger partial charge in [-0.3, -0.25) is 14.5 Å². The van der Waals surface area contributed by atoms with Crippen molar-refractivity contribution in [1.29, 1.82) is 0 Å². The van der Waals surface area contributed by atoms with Gasteiger partial charge in [-0.15, -0.1) is 11.3 Å². The molecule has 122 valence electrons. The van der Waals surface area contributed by atoms with Crippen LogP contribution in [0.25, 0.3) is 0 Å². The van der Waals surface area contributed by atoms with Crippen LogP contribution in [0.5, 0.6) is 0 Å². The van der Waals surface area contributed by atoms with E-state index in [2.05, 4.69) is 21.3 Å². The molecular formula is C16H19N3O3S. The SMILES string of the molecule is O=C(NCC(c1cccs1)N1CCOCC1)c1ccc(=O)[nH]c1. The third kappa shape index (κ3) is 4.07. The minimum atomic E-state index is -0.216. The fourth-order valence-electron chi connectivity index (χ4n) is 2.62. The Labute approximate surface area is 138 Å². The number of amides is 1. The number of hydrogen-bond donors (Lipinski definition) is 2. The Kier molecular flexibility index (Phi) is 5.22. The number of pyridine rings is 1. The average Bonchev–Trinajstić information content (AvgIpc) is 3.11. The molecule has 1 amide bonds. The highest BCUT2D eigenvalue weighted by molar-refractivity contribution is 7.10. The summed E-state index contributed by atoms with van der Waals surface area (Å²) < 4.78 is 5.41. The van der Waals surface area contributed by atoms with Crippen LogP contribution in [0, 0.1) is 0 Å². The Bertz CT molecular complexity index is 672. The van der Waals surface area contributed by atoms with Gasteiger partial charge in [0.25, 0.3) is 5.91 Å². The molecule has 1 unspecified atom stereocenters. The van der Waals surface area contributed by atoms with E-state index in [4.69, 9.17) is 4.74 Å². The van der Waals surface area contributed by atoms with Gasteiger partial charge in [-0.2, -0.15) is 0 Å². The zero-order valence-corrected chi connectivity index (χ0v) is 13.5. The quantitative estimate of drug-likeness (QED) is 0.863. The Morgan fingerprint density at radius 2 is 2.17 bits per heavy atom. The van der Waals surface area contributed by atoms with Crippen LogP contribution in [0.15, 0.2) is 40.6 Å². The van der Waals surface area contributed by atoms with Crippen molar-refractivity contribution in [1.82, 2.24) is 15.2 Å². The normalized spacial score (nSPS) is 16.9. The van der Waals surface area contributed by atoms with Gasteiger partial charge in [0.15, 0.2) is 0 Å². The van der Waals surface area contributed by atoms with E-state index in [1.54, 1.807) is 11.3 Å². The second kappa shape index (κ2) is 7.54. The summed E-state index contributed by atoms with van der Waals surface area (Å²) in [5, 5.41) is 5.02. The maximum atomic E-state index is 12.2. The number of rotatable bonds is 5. The number of aromatic nitrogens is 1. The number of nitrogens with zero attached hydrogens (tertiary/aromatic N) is 1. The van der Waals surface area contributed by atoms with Crippen molar-refractivity contribution < 1.29 is 9.53 Å². The van der Waals surface area contributed by atoms with E-state index < -0.39 is 0 Å². The topological polar surface area (TPSA) is 74.4 Å². The lowest BCUT2D eigenvalue weighted by Gasteiger charge is -2.34. The lowest BCUT2D eigenvalue weighted by Crippen LogP contribution is -2.43. The Hall–Kier alpha value is -1.96. The van der Waals surface area contributed by atoms with Gasteiger partial charge >= 0.3 is 0 Å². The molecule has 1 fully saturated rings. The van der Waals surface area contributed by atoms with E-state index >= 15 is 0 Å². The van der Waals surface area contributed by atoms with Crippen molar-refractivity contribution in [3.8, 4) is 0 Å². The summed E-state index contributed by atoms with van der Waals surface area (Å²) in [6.45, 7) is 3.68. The summed E-state index contributed by atoms with van der Waals surface area (Å²) >= 11 is 1.69. The molecule has 1 aliphatic heterocycles. The molecule has 0 radical (unpaired) electrons. The van der Waals surface area contributed by atoms with Gasteiger partial charge in [-0.05, 0) is 17.5 Å². The molecule has 1 saturated heterocycles. The van der Waals surface area contributed by atoms with Gasteiger partial charge in [-0.25, -0.2) is 0 Å². The van der Waals surface area contributed by atoms with Crippen molar-refractivity contribution in [2.24, 2.45) is 0 Å². The lowest BCUT2D eigenvalue weighted by atomic mass is 10.1. The highest BCUT2D eigenvalue weighted by Crippen LogP contribution is 2.25. The van der Waals surface area contributed by atoms with E-state index in [1.807, 2.05) is 11.4 Å². The van der Waals surface area contributed by atoms with E-state index in [9.17, 15) is 9.59 Å². The summed E-state index contributed by atoms with van der Waals surface area (Å²) in [5.41, 5.74) is 0.239. The molecule has 7 heteroatoms. The summed E-state index contributed by atoms with van der Waals surface area (Å²) in [5.74, 6) is -0.184.